The second-order valence-corrected chi connectivity index (χ2v) is 3.95. The Morgan fingerprint density at radius 2 is 2.05 bits per heavy atom. The second-order valence-electron chi connectivity index (χ2n) is 3.60. The molecule has 0 bridgehead atoms. The van der Waals surface area contributed by atoms with E-state index in [0.717, 1.165) is 6.07 Å². The van der Waals surface area contributed by atoms with E-state index in [1.54, 1.807) is 6.92 Å². The van der Waals surface area contributed by atoms with E-state index in [9.17, 15) is 14.0 Å². The van der Waals surface area contributed by atoms with E-state index in [1.807, 2.05) is 0 Å². The van der Waals surface area contributed by atoms with Gasteiger partial charge in [-0.2, -0.15) is 0 Å². The third-order valence-corrected chi connectivity index (χ3v) is 2.80. The number of carboxylic acid groups (broad SMARTS) is 1. The average Bonchev–Trinajstić information content (AvgIpc) is 2.32. The van der Waals surface area contributed by atoms with Crippen molar-refractivity contribution in [2.45, 2.75) is 13.5 Å². The summed E-state index contributed by atoms with van der Waals surface area (Å²) in [6, 6.07) is 0.908. The molecule has 0 aliphatic rings. The van der Waals surface area contributed by atoms with Crippen molar-refractivity contribution in [1.29, 1.82) is 0 Å². The number of pyridine rings is 2. The van der Waals surface area contributed by atoms with E-state index >= 15 is 0 Å². The number of aromatic nitrogens is 2. The Bertz CT molecular complexity index is 724. The molecule has 1 N–H and O–H groups in total. The number of hydrogen-bond acceptors (Lipinski definition) is 3. The van der Waals surface area contributed by atoms with Crippen molar-refractivity contribution < 1.29 is 23.7 Å². The van der Waals surface area contributed by atoms with Crippen molar-refractivity contribution in [3.05, 3.63) is 39.0 Å². The molecule has 2 aromatic rings. The lowest BCUT2D eigenvalue weighted by atomic mass is 10.2. The zero-order valence-corrected chi connectivity index (χ0v) is 11.4. The van der Waals surface area contributed by atoms with Crippen molar-refractivity contribution in [1.82, 2.24) is 9.55 Å². The zero-order chi connectivity index (χ0) is 13.4. The summed E-state index contributed by atoms with van der Waals surface area (Å²) < 4.78 is 14.7. The van der Waals surface area contributed by atoms with E-state index in [1.165, 1.54) is 10.8 Å². The summed E-state index contributed by atoms with van der Waals surface area (Å²) in [6.07, 6.45) is 1.17. The van der Waals surface area contributed by atoms with Crippen LogP contribution in [0.4, 0.5) is 13.8 Å². The van der Waals surface area contributed by atoms with Crippen molar-refractivity contribution in [3.8, 4) is 0 Å². The number of aromatic carboxylic acids is 1. The van der Waals surface area contributed by atoms with Gasteiger partial charge in [-0.1, -0.05) is 11.6 Å². The van der Waals surface area contributed by atoms with Gasteiger partial charge in [-0.3, -0.25) is 14.2 Å². The summed E-state index contributed by atoms with van der Waals surface area (Å²) in [7, 11) is 0. The van der Waals surface area contributed by atoms with Crippen LogP contribution in [0.25, 0.3) is 11.0 Å². The van der Waals surface area contributed by atoms with Gasteiger partial charge in [-0.25, -0.2) is 14.2 Å². The van der Waals surface area contributed by atoms with E-state index in [0.29, 0.717) is 6.54 Å². The monoisotopic (exact) mass is 321 g/mol. The molecule has 113 valence electrons. The highest BCUT2D eigenvalue weighted by Crippen LogP contribution is 2.17. The Morgan fingerprint density at radius 1 is 1.48 bits per heavy atom. The Labute approximate surface area is 123 Å². The van der Waals surface area contributed by atoms with Crippen molar-refractivity contribution in [2.75, 3.05) is 0 Å². The van der Waals surface area contributed by atoms with Gasteiger partial charge in [0, 0.05) is 21.2 Å². The van der Waals surface area contributed by atoms with Crippen LogP contribution in [0.2, 0.25) is 5.15 Å². The molecule has 0 aromatic carbocycles. The molecule has 0 amide bonds. The maximum absolute atomic E-state index is 13.3. The minimum Gasteiger partial charge on any atom is -0.477 e. The molecule has 0 saturated carbocycles. The molecule has 0 spiro atoms. The molecule has 2 aromatic heterocycles. The quantitative estimate of drug-likeness (QED) is 0.676. The lowest BCUT2D eigenvalue weighted by molar-refractivity contribution is 0.0695. The lowest BCUT2D eigenvalue weighted by Crippen LogP contribution is -2.19. The van der Waals surface area contributed by atoms with Gasteiger partial charge in [-0.15, -0.1) is 0 Å². The predicted octanol–water partition coefficient (Wildman–Crippen LogP) is 1.83. The smallest absolute Gasteiger partial charge is 0.341 e. The van der Waals surface area contributed by atoms with Crippen LogP contribution in [0.3, 0.4) is 0 Å². The van der Waals surface area contributed by atoms with Crippen LogP contribution in [0, 0.1) is 5.82 Å². The number of fused-ring (bicyclic) bond motifs is 1. The van der Waals surface area contributed by atoms with Gasteiger partial charge in [0.2, 0.25) is 5.43 Å². The molecular formula is C11H10BClF3N2O3. The van der Waals surface area contributed by atoms with Crippen molar-refractivity contribution >= 4 is 37.0 Å². The van der Waals surface area contributed by atoms with Gasteiger partial charge in [0.1, 0.15) is 11.2 Å². The average molecular weight is 321 g/mol. The maximum atomic E-state index is 13.3. The molecule has 5 nitrogen and oxygen atoms in total. The van der Waals surface area contributed by atoms with E-state index in [4.69, 9.17) is 16.7 Å². The van der Waals surface area contributed by atoms with E-state index in [-0.39, 0.29) is 34.0 Å². The number of carbonyl (C=O) groups is 1. The van der Waals surface area contributed by atoms with E-state index in [2.05, 4.69) is 4.98 Å². The van der Waals surface area contributed by atoms with Crippen LogP contribution in [0.1, 0.15) is 17.3 Å². The van der Waals surface area contributed by atoms with Crippen LogP contribution in [-0.2, 0) is 6.54 Å². The molecular weight excluding hydrogens is 311 g/mol. The summed E-state index contributed by atoms with van der Waals surface area (Å²) in [6.45, 7) is 2.13. The molecule has 0 aliphatic carbocycles. The van der Waals surface area contributed by atoms with Crippen LogP contribution >= 0.6 is 11.6 Å². The Kier molecular flexibility index (Phi) is 7.78. The van der Waals surface area contributed by atoms with E-state index < -0.39 is 22.8 Å². The summed E-state index contributed by atoms with van der Waals surface area (Å²) in [5.41, 5.74) is -1.03. The van der Waals surface area contributed by atoms with Crippen LogP contribution in [0.15, 0.2) is 17.1 Å². The van der Waals surface area contributed by atoms with Gasteiger partial charge in [-0.05, 0) is 13.0 Å². The van der Waals surface area contributed by atoms with Crippen molar-refractivity contribution in [3.63, 3.8) is 0 Å². The third-order valence-electron chi connectivity index (χ3n) is 2.53. The molecule has 0 atom stereocenters. The normalized spacial score (nSPS) is 9.29. The molecule has 0 saturated heterocycles. The highest BCUT2D eigenvalue weighted by atomic mass is 35.5. The fourth-order valence-corrected chi connectivity index (χ4v) is 1.79. The largest absolute Gasteiger partial charge is 0.477 e. The highest BCUT2D eigenvalue weighted by molar-refractivity contribution is 6.29. The fourth-order valence-electron chi connectivity index (χ4n) is 1.66. The van der Waals surface area contributed by atoms with Gasteiger partial charge in [0.15, 0.2) is 11.0 Å². The van der Waals surface area contributed by atoms with Gasteiger partial charge in [0.25, 0.3) is 0 Å². The van der Waals surface area contributed by atoms with Gasteiger partial charge >= 0.3 is 5.97 Å². The third kappa shape index (κ3) is 3.54. The number of carboxylic acids is 1. The Hall–Kier alpha value is -2.03. The van der Waals surface area contributed by atoms with Gasteiger partial charge in [0.05, 0.1) is 5.39 Å². The SMILES string of the molecule is CCn1cc(C(=O)O)c(=O)c2cc(F)c(Cl)nc21.F.F.[B]. The highest BCUT2D eigenvalue weighted by Gasteiger charge is 2.16. The molecule has 0 fully saturated rings. The summed E-state index contributed by atoms with van der Waals surface area (Å²) in [5.74, 6) is -2.22. The molecule has 2 rings (SSSR count). The maximum Gasteiger partial charge on any atom is 0.341 e. The fraction of sp³-hybridized carbons (Fsp3) is 0.182. The van der Waals surface area contributed by atoms with Gasteiger partial charge < -0.3 is 9.67 Å². The minimum absolute atomic E-state index is 0. The topological polar surface area (TPSA) is 72.2 Å². The summed E-state index contributed by atoms with van der Waals surface area (Å²) in [5, 5.41) is 8.46. The molecule has 10 heteroatoms. The molecule has 2 heterocycles. The number of nitrogens with zero attached hydrogens (tertiary/aromatic N) is 2. The van der Waals surface area contributed by atoms with Crippen LogP contribution in [0.5, 0.6) is 0 Å². The molecule has 0 unspecified atom stereocenters. The number of aryl methyl sites for hydroxylation is 1. The number of hydrogen-bond donors (Lipinski definition) is 1. The first-order valence-corrected chi connectivity index (χ1v) is 5.46. The second kappa shape index (κ2) is 7.68. The first-order chi connectivity index (χ1) is 8.45. The molecule has 0 aliphatic heterocycles. The number of halogens is 4. The van der Waals surface area contributed by atoms with Crippen LogP contribution in [-0.4, -0.2) is 29.0 Å². The minimum atomic E-state index is -1.36. The number of rotatable bonds is 2. The Balaban J connectivity index is 0. The molecule has 21 heavy (non-hydrogen) atoms. The predicted molar refractivity (Wildman–Crippen MR) is 74.4 cm³/mol. The standard InChI is InChI=1S/C11H8ClFN2O3.B.2FH/c1-2-15-4-6(11(17)18)8(16)5-3-7(13)9(12)14-10(5)15;;;/h3-4H,2H2,1H3,(H,17,18);;2*1H. The summed E-state index contributed by atoms with van der Waals surface area (Å²) in [4.78, 5) is 26.6. The first-order valence-electron chi connectivity index (χ1n) is 5.08. The zero-order valence-electron chi connectivity index (χ0n) is 10.7. The lowest BCUT2D eigenvalue weighted by Gasteiger charge is -2.09. The molecule has 3 radical (unpaired) electrons. The first kappa shape index (κ1) is 21.3. The van der Waals surface area contributed by atoms with Crippen molar-refractivity contribution in [2.24, 2.45) is 0 Å². The Morgan fingerprint density at radius 3 is 2.52 bits per heavy atom. The van der Waals surface area contributed by atoms with Crippen LogP contribution < -0.4 is 5.43 Å². The summed E-state index contributed by atoms with van der Waals surface area (Å²) >= 11 is 5.55.